The third-order valence-electron chi connectivity index (χ3n) is 3.05. The summed E-state index contributed by atoms with van der Waals surface area (Å²) in [6.07, 6.45) is 5.29. The molecular formula is C14H9BN2O2. The average molecular weight is 248 g/mol. The van der Waals surface area contributed by atoms with Crippen LogP contribution in [0.1, 0.15) is 6.42 Å². The van der Waals surface area contributed by atoms with Gasteiger partial charge in [0.2, 0.25) is 0 Å². The fourth-order valence-electron chi connectivity index (χ4n) is 2.13. The van der Waals surface area contributed by atoms with Gasteiger partial charge >= 0.3 is 6.03 Å². The van der Waals surface area contributed by atoms with Crippen molar-refractivity contribution in [2.75, 3.05) is 5.32 Å². The molecule has 5 heteroatoms. The van der Waals surface area contributed by atoms with Crippen LogP contribution in [0.25, 0.3) is 5.57 Å². The van der Waals surface area contributed by atoms with Gasteiger partial charge in [0.15, 0.2) is 5.78 Å². The molecule has 0 atom stereocenters. The van der Waals surface area contributed by atoms with Crippen molar-refractivity contribution in [1.29, 1.82) is 0 Å². The van der Waals surface area contributed by atoms with Crippen LogP contribution in [0.5, 0.6) is 0 Å². The molecule has 0 fully saturated rings. The normalized spacial score (nSPS) is 20.3. The molecule has 0 saturated heterocycles. The molecule has 0 unspecified atom stereocenters. The molecule has 0 saturated carbocycles. The van der Waals surface area contributed by atoms with Crippen molar-refractivity contribution in [2.45, 2.75) is 6.42 Å². The molecule has 1 N–H and O–H groups in total. The quantitative estimate of drug-likeness (QED) is 0.683. The lowest BCUT2D eigenvalue weighted by molar-refractivity contribution is -0.113. The Morgan fingerprint density at radius 3 is 2.89 bits per heavy atom. The summed E-state index contributed by atoms with van der Waals surface area (Å²) in [7, 11) is 5.69. The number of carbonyl (C=O) groups excluding carboxylic acids is 2. The Morgan fingerprint density at radius 1 is 1.21 bits per heavy atom. The summed E-state index contributed by atoms with van der Waals surface area (Å²) < 4.78 is 0. The fraction of sp³-hybridized carbons (Fsp3) is 0.0714. The van der Waals surface area contributed by atoms with Crippen molar-refractivity contribution in [3.05, 3.63) is 52.5 Å². The lowest BCUT2D eigenvalue weighted by atomic mass is 9.95. The van der Waals surface area contributed by atoms with E-state index in [4.69, 9.17) is 7.85 Å². The summed E-state index contributed by atoms with van der Waals surface area (Å²) in [6, 6.07) is 4.91. The average Bonchev–Trinajstić information content (AvgIpc) is 2.69. The van der Waals surface area contributed by atoms with E-state index < -0.39 is 6.03 Å². The van der Waals surface area contributed by atoms with Crippen LogP contribution in [0.3, 0.4) is 0 Å². The fourth-order valence-corrected chi connectivity index (χ4v) is 2.13. The topological polar surface area (TPSA) is 58.5 Å². The van der Waals surface area contributed by atoms with Crippen molar-refractivity contribution < 1.29 is 9.59 Å². The molecule has 1 aliphatic heterocycles. The molecule has 2 radical (unpaired) electrons. The van der Waals surface area contributed by atoms with E-state index in [0.717, 1.165) is 0 Å². The number of anilines is 1. The summed E-state index contributed by atoms with van der Waals surface area (Å²) in [6.45, 7) is 0. The third-order valence-corrected chi connectivity index (χ3v) is 3.05. The molecule has 1 aromatic rings. The Bertz CT molecular complexity index is 775. The van der Waals surface area contributed by atoms with Crippen LogP contribution >= 0.6 is 0 Å². The molecule has 0 bridgehead atoms. The largest absolute Gasteiger partial charge is 0.346 e. The van der Waals surface area contributed by atoms with Gasteiger partial charge in [-0.15, -0.1) is 5.47 Å². The van der Waals surface area contributed by atoms with Crippen LogP contribution in [0.4, 0.5) is 10.5 Å². The number of carbonyl (C=O) groups is 2. The number of nitrogens with zero attached hydrogens (tertiary/aromatic N) is 1. The molecule has 4 nitrogen and oxygen atoms in total. The minimum Gasteiger partial charge on any atom is -0.304 e. The Morgan fingerprint density at radius 2 is 2.05 bits per heavy atom. The molecular weight excluding hydrogens is 239 g/mol. The van der Waals surface area contributed by atoms with Gasteiger partial charge in [0.1, 0.15) is 13.2 Å². The molecule has 1 heterocycles. The van der Waals surface area contributed by atoms with Gasteiger partial charge < -0.3 is 5.32 Å². The molecule has 1 aromatic carbocycles. The highest BCUT2D eigenvalue weighted by atomic mass is 16.2. The summed E-state index contributed by atoms with van der Waals surface area (Å²) in [5.74, 6) is -0.0420. The molecule has 0 aromatic heterocycles. The molecule has 0 spiro atoms. The number of benzene rings is 1. The monoisotopic (exact) mass is 248 g/mol. The summed E-state index contributed by atoms with van der Waals surface area (Å²) >= 11 is 0. The van der Waals surface area contributed by atoms with Gasteiger partial charge in [-0.25, -0.2) is 4.79 Å². The van der Waals surface area contributed by atoms with Crippen molar-refractivity contribution in [3.63, 3.8) is 0 Å². The first kappa shape index (κ1) is 11.7. The minimum absolute atomic E-state index is 0.0420. The second-order valence-electron chi connectivity index (χ2n) is 4.32. The predicted octanol–water partition coefficient (Wildman–Crippen LogP) is 0.584. The number of urea groups is 1. The van der Waals surface area contributed by atoms with E-state index in [1.54, 1.807) is 36.4 Å². The number of rotatable bonds is 0. The lowest BCUT2D eigenvalue weighted by Gasteiger charge is -1.99. The number of nitrogens with one attached hydrogen (secondary N) is 1. The highest BCUT2D eigenvalue weighted by Crippen LogP contribution is 2.11. The maximum absolute atomic E-state index is 12.1. The van der Waals surface area contributed by atoms with E-state index in [-0.39, 0.29) is 12.2 Å². The van der Waals surface area contributed by atoms with Gasteiger partial charge in [0.05, 0.1) is 5.69 Å². The van der Waals surface area contributed by atoms with E-state index in [1.165, 1.54) is 0 Å². The molecule has 2 aliphatic rings. The maximum Gasteiger partial charge on any atom is 0.346 e. The Hall–Kier alpha value is -2.43. The predicted molar refractivity (Wildman–Crippen MR) is 72.3 cm³/mol. The maximum atomic E-state index is 12.1. The van der Waals surface area contributed by atoms with Crippen LogP contribution in [0.2, 0.25) is 0 Å². The van der Waals surface area contributed by atoms with E-state index >= 15 is 0 Å². The van der Waals surface area contributed by atoms with Crippen molar-refractivity contribution in [3.8, 4) is 0 Å². The zero-order chi connectivity index (χ0) is 13.4. The number of para-hydroxylation sites is 1. The zero-order valence-corrected chi connectivity index (χ0v) is 10.0. The first-order valence-corrected chi connectivity index (χ1v) is 5.85. The number of amides is 2. The Balaban J connectivity index is 2.33. The van der Waals surface area contributed by atoms with Crippen LogP contribution in [0, 0.1) is 0 Å². The third kappa shape index (κ3) is 2.03. The van der Waals surface area contributed by atoms with Crippen molar-refractivity contribution >= 4 is 30.9 Å². The van der Waals surface area contributed by atoms with Crippen molar-refractivity contribution in [1.82, 2.24) is 0 Å². The molecule has 1 aliphatic carbocycles. The molecule has 90 valence electrons. The van der Waals surface area contributed by atoms with E-state index in [9.17, 15) is 9.59 Å². The van der Waals surface area contributed by atoms with Crippen LogP contribution in [0.15, 0.2) is 46.9 Å². The Labute approximate surface area is 110 Å². The van der Waals surface area contributed by atoms with Crippen LogP contribution < -0.4 is 15.9 Å². The first-order chi connectivity index (χ1) is 9.15. The number of hydrogen-bond donors (Lipinski definition) is 1. The highest BCUT2D eigenvalue weighted by Gasteiger charge is 2.15. The summed E-state index contributed by atoms with van der Waals surface area (Å²) in [4.78, 5) is 27.3. The number of ketones is 1. The standard InChI is InChI=1S/C14H9BN2O2/c15-8-4-6-9(12(18)7-5-8)10-2-1-3-11-13(10)17-14(19)16-11/h1-6H,7H2,(H,16,19). The first-order valence-electron chi connectivity index (χ1n) is 5.85. The lowest BCUT2D eigenvalue weighted by Crippen LogP contribution is -2.28. The number of Topliss-reactive ketones (excluding diaryl/α,β-unsaturated/α-hetero) is 1. The zero-order valence-electron chi connectivity index (χ0n) is 10.0. The molecule has 2 amide bonds. The van der Waals surface area contributed by atoms with E-state index in [1.807, 2.05) is 0 Å². The van der Waals surface area contributed by atoms with Gasteiger partial charge in [-0.1, -0.05) is 30.4 Å². The molecule has 19 heavy (non-hydrogen) atoms. The number of hydrogen-bond acceptors (Lipinski definition) is 2. The smallest absolute Gasteiger partial charge is 0.304 e. The van der Waals surface area contributed by atoms with Gasteiger partial charge in [0.25, 0.3) is 0 Å². The highest BCUT2D eigenvalue weighted by molar-refractivity contribution is 6.26. The number of fused-ring (bicyclic) bond motifs is 1. The van der Waals surface area contributed by atoms with Crippen LogP contribution in [-0.2, 0) is 4.79 Å². The molecule has 3 rings (SSSR count). The van der Waals surface area contributed by atoms with Gasteiger partial charge in [0, 0.05) is 17.2 Å². The second-order valence-corrected chi connectivity index (χ2v) is 4.32. The van der Waals surface area contributed by atoms with E-state index in [0.29, 0.717) is 27.3 Å². The number of allylic oxidation sites excluding steroid dienone is 4. The second kappa shape index (κ2) is 4.35. The van der Waals surface area contributed by atoms with Gasteiger partial charge in [-0.2, -0.15) is 4.99 Å². The van der Waals surface area contributed by atoms with Gasteiger partial charge in [-0.05, 0) is 6.07 Å². The minimum atomic E-state index is -0.411. The van der Waals surface area contributed by atoms with E-state index in [2.05, 4.69) is 10.3 Å². The summed E-state index contributed by atoms with van der Waals surface area (Å²) in [5, 5.41) is 3.79. The Kier molecular flexibility index (Phi) is 2.67. The SMILES string of the molecule is [B]C1=CCC(=O)C(=c2cccc3c2=NC(=O)N3)C=C1. The van der Waals surface area contributed by atoms with Crippen LogP contribution in [-0.4, -0.2) is 19.7 Å². The summed E-state index contributed by atoms with van der Waals surface area (Å²) in [5.41, 5.74) is 1.71. The van der Waals surface area contributed by atoms with Crippen molar-refractivity contribution in [2.24, 2.45) is 4.99 Å². The van der Waals surface area contributed by atoms with Gasteiger partial charge in [-0.3, -0.25) is 4.79 Å².